The molecule has 0 atom stereocenters. The van der Waals surface area contributed by atoms with Crippen LogP contribution in [0.25, 0.3) is 0 Å². The minimum Gasteiger partial charge on any atom is -0.491 e. The molecular formula is C22H31N5O2. The van der Waals surface area contributed by atoms with Crippen LogP contribution in [0.3, 0.4) is 0 Å². The van der Waals surface area contributed by atoms with Crippen molar-refractivity contribution in [3.05, 3.63) is 36.7 Å². The highest BCUT2D eigenvalue weighted by Crippen LogP contribution is 2.34. The highest BCUT2D eigenvalue weighted by molar-refractivity contribution is 5.68. The molecule has 7 nitrogen and oxygen atoms in total. The van der Waals surface area contributed by atoms with E-state index in [0.29, 0.717) is 17.8 Å². The molecular weight excluding hydrogens is 366 g/mol. The third-order valence-corrected chi connectivity index (χ3v) is 5.93. The van der Waals surface area contributed by atoms with E-state index in [1.165, 1.54) is 25.7 Å². The van der Waals surface area contributed by atoms with Gasteiger partial charge >= 0.3 is 0 Å². The lowest BCUT2D eigenvalue weighted by atomic mass is 9.82. The monoisotopic (exact) mass is 397 g/mol. The van der Waals surface area contributed by atoms with E-state index in [1.807, 2.05) is 6.07 Å². The van der Waals surface area contributed by atoms with Gasteiger partial charge in [0.2, 0.25) is 5.95 Å². The maximum Gasteiger partial charge on any atom is 0.227 e. The first-order valence-electron chi connectivity index (χ1n) is 10.7. The molecule has 0 bridgehead atoms. The van der Waals surface area contributed by atoms with E-state index >= 15 is 0 Å². The number of nitrogens with two attached hydrogens (primary N) is 1. The number of nitrogens with zero attached hydrogens (tertiary/aromatic N) is 3. The Hall–Kier alpha value is -2.38. The van der Waals surface area contributed by atoms with Gasteiger partial charge in [0.05, 0.1) is 25.5 Å². The second-order valence-electron chi connectivity index (χ2n) is 7.91. The third kappa shape index (κ3) is 5.36. The van der Waals surface area contributed by atoms with E-state index in [-0.39, 0.29) is 0 Å². The molecule has 0 amide bonds. The molecule has 156 valence electrons. The Morgan fingerprint density at radius 2 is 1.79 bits per heavy atom. The molecule has 2 heterocycles. The summed E-state index contributed by atoms with van der Waals surface area (Å²) in [6, 6.07) is 8.11. The Kier molecular flexibility index (Phi) is 6.79. The number of anilines is 3. The molecule has 1 aromatic carbocycles. The van der Waals surface area contributed by atoms with Gasteiger partial charge in [0, 0.05) is 37.2 Å². The molecule has 1 saturated carbocycles. The predicted molar refractivity (Wildman–Crippen MR) is 115 cm³/mol. The van der Waals surface area contributed by atoms with Crippen molar-refractivity contribution in [2.75, 3.05) is 49.7 Å². The van der Waals surface area contributed by atoms with Gasteiger partial charge in [-0.15, -0.1) is 0 Å². The van der Waals surface area contributed by atoms with Crippen molar-refractivity contribution in [2.24, 2.45) is 17.6 Å². The van der Waals surface area contributed by atoms with Gasteiger partial charge in [0.15, 0.2) is 0 Å². The van der Waals surface area contributed by atoms with Crippen LogP contribution in [-0.4, -0.2) is 49.4 Å². The van der Waals surface area contributed by atoms with Crippen LogP contribution in [0.4, 0.5) is 17.3 Å². The Morgan fingerprint density at radius 1 is 1.07 bits per heavy atom. The molecule has 4 rings (SSSR count). The van der Waals surface area contributed by atoms with Crippen LogP contribution in [0.15, 0.2) is 36.7 Å². The SMILES string of the molecule is NCC1CCC(COc2cc(N3CCOCC3)ccc2Nc2ncccn2)CC1. The zero-order valence-electron chi connectivity index (χ0n) is 16.9. The summed E-state index contributed by atoms with van der Waals surface area (Å²) in [5, 5.41) is 3.30. The second-order valence-corrected chi connectivity index (χ2v) is 7.91. The van der Waals surface area contributed by atoms with Crippen LogP contribution >= 0.6 is 0 Å². The van der Waals surface area contributed by atoms with Gasteiger partial charge in [-0.2, -0.15) is 0 Å². The summed E-state index contributed by atoms with van der Waals surface area (Å²) in [6.07, 6.45) is 8.26. The van der Waals surface area contributed by atoms with Gasteiger partial charge in [0.25, 0.3) is 0 Å². The predicted octanol–water partition coefficient (Wildman–Crippen LogP) is 3.20. The van der Waals surface area contributed by atoms with Gasteiger partial charge in [-0.1, -0.05) is 0 Å². The number of ether oxygens (including phenoxy) is 2. The van der Waals surface area contributed by atoms with Gasteiger partial charge < -0.3 is 25.4 Å². The maximum absolute atomic E-state index is 6.34. The van der Waals surface area contributed by atoms with E-state index < -0.39 is 0 Å². The van der Waals surface area contributed by atoms with Crippen molar-refractivity contribution in [1.29, 1.82) is 0 Å². The van der Waals surface area contributed by atoms with Crippen molar-refractivity contribution < 1.29 is 9.47 Å². The smallest absolute Gasteiger partial charge is 0.227 e. The number of aromatic nitrogens is 2. The Balaban J connectivity index is 1.48. The number of rotatable bonds is 7. The first-order valence-corrected chi connectivity index (χ1v) is 10.7. The molecule has 1 aliphatic heterocycles. The van der Waals surface area contributed by atoms with Gasteiger partial charge in [-0.05, 0) is 62.3 Å². The largest absolute Gasteiger partial charge is 0.491 e. The molecule has 0 radical (unpaired) electrons. The lowest BCUT2D eigenvalue weighted by molar-refractivity contribution is 0.122. The third-order valence-electron chi connectivity index (χ3n) is 5.93. The van der Waals surface area contributed by atoms with Crippen molar-refractivity contribution in [2.45, 2.75) is 25.7 Å². The van der Waals surface area contributed by atoms with E-state index in [4.69, 9.17) is 15.2 Å². The standard InChI is InChI=1S/C22H31N5O2/c23-15-17-2-4-18(5-3-17)16-29-21-14-19(27-10-12-28-13-11-27)6-7-20(21)26-22-24-8-1-9-25-22/h1,6-9,14,17-18H,2-5,10-13,15-16,23H2,(H,24,25,26). The van der Waals surface area contributed by atoms with Crippen LogP contribution in [0.5, 0.6) is 5.75 Å². The van der Waals surface area contributed by atoms with Crippen LogP contribution in [0.2, 0.25) is 0 Å². The Labute approximate surface area is 172 Å². The molecule has 2 aromatic rings. The minimum absolute atomic E-state index is 0.569. The molecule has 7 heteroatoms. The lowest BCUT2D eigenvalue weighted by Gasteiger charge is -2.30. The molecule has 29 heavy (non-hydrogen) atoms. The minimum atomic E-state index is 0.569. The fourth-order valence-corrected chi connectivity index (χ4v) is 4.08. The van der Waals surface area contributed by atoms with Crippen molar-refractivity contribution >= 4 is 17.3 Å². The van der Waals surface area contributed by atoms with Gasteiger partial charge in [0.1, 0.15) is 5.75 Å². The number of nitrogens with one attached hydrogen (secondary N) is 1. The fourth-order valence-electron chi connectivity index (χ4n) is 4.08. The molecule has 2 fully saturated rings. The zero-order valence-corrected chi connectivity index (χ0v) is 16.9. The highest BCUT2D eigenvalue weighted by Gasteiger charge is 2.21. The van der Waals surface area contributed by atoms with E-state index in [1.54, 1.807) is 12.4 Å². The van der Waals surface area contributed by atoms with Crippen LogP contribution in [-0.2, 0) is 4.74 Å². The molecule has 2 aliphatic rings. The number of hydrogen-bond acceptors (Lipinski definition) is 7. The van der Waals surface area contributed by atoms with Crippen LogP contribution < -0.4 is 20.7 Å². The summed E-state index contributed by atoms with van der Waals surface area (Å²) < 4.78 is 11.8. The summed E-state index contributed by atoms with van der Waals surface area (Å²) in [4.78, 5) is 10.9. The molecule has 0 unspecified atom stereocenters. The van der Waals surface area contributed by atoms with Crippen molar-refractivity contribution in [1.82, 2.24) is 9.97 Å². The normalized spacial score (nSPS) is 22.3. The first kappa shape index (κ1) is 19.9. The number of benzene rings is 1. The van der Waals surface area contributed by atoms with E-state index in [2.05, 4.69) is 38.4 Å². The van der Waals surface area contributed by atoms with Crippen LogP contribution in [0, 0.1) is 11.8 Å². The average Bonchev–Trinajstić information content (AvgIpc) is 2.80. The maximum atomic E-state index is 6.34. The van der Waals surface area contributed by atoms with E-state index in [0.717, 1.165) is 56.6 Å². The van der Waals surface area contributed by atoms with Crippen molar-refractivity contribution in [3.63, 3.8) is 0 Å². The van der Waals surface area contributed by atoms with E-state index in [9.17, 15) is 0 Å². The molecule has 0 spiro atoms. The van der Waals surface area contributed by atoms with Crippen LogP contribution in [0.1, 0.15) is 25.7 Å². The topological polar surface area (TPSA) is 85.5 Å². The highest BCUT2D eigenvalue weighted by atomic mass is 16.5. The van der Waals surface area contributed by atoms with Crippen molar-refractivity contribution in [3.8, 4) is 5.75 Å². The van der Waals surface area contributed by atoms with Gasteiger partial charge in [-0.3, -0.25) is 0 Å². The Bertz CT molecular complexity index is 759. The molecule has 1 aromatic heterocycles. The second kappa shape index (κ2) is 9.89. The number of hydrogen-bond donors (Lipinski definition) is 2. The molecule has 1 aliphatic carbocycles. The average molecular weight is 398 g/mol. The first-order chi connectivity index (χ1) is 14.3. The molecule has 3 N–H and O–H groups in total. The Morgan fingerprint density at radius 3 is 2.52 bits per heavy atom. The molecule has 1 saturated heterocycles. The number of morpholine rings is 1. The summed E-state index contributed by atoms with van der Waals surface area (Å²) in [6.45, 7) is 4.86. The summed E-state index contributed by atoms with van der Waals surface area (Å²) in [5.41, 5.74) is 7.88. The fraction of sp³-hybridized carbons (Fsp3) is 0.545. The quantitative estimate of drug-likeness (QED) is 0.742. The summed E-state index contributed by atoms with van der Waals surface area (Å²) >= 11 is 0. The van der Waals surface area contributed by atoms with Gasteiger partial charge in [-0.25, -0.2) is 9.97 Å². The summed E-state index contributed by atoms with van der Waals surface area (Å²) in [5.74, 6) is 2.69. The summed E-state index contributed by atoms with van der Waals surface area (Å²) in [7, 11) is 0. The lowest BCUT2D eigenvalue weighted by Crippen LogP contribution is -2.36. The zero-order chi connectivity index (χ0) is 19.9.